The Hall–Kier alpha value is -3.57. The molecule has 0 unspecified atom stereocenters. The number of sulfonamides is 2. The van der Waals surface area contributed by atoms with Gasteiger partial charge in [-0.1, -0.05) is 6.92 Å². The van der Waals surface area contributed by atoms with Gasteiger partial charge >= 0.3 is 0 Å². The van der Waals surface area contributed by atoms with E-state index in [1.807, 2.05) is 13.8 Å². The number of likely N-dealkylation sites (N-methyl/N-ethyl adjacent to an activating group) is 1. The first-order chi connectivity index (χ1) is 22.6. The van der Waals surface area contributed by atoms with Crippen molar-refractivity contribution in [3.63, 3.8) is 0 Å². The Balaban J connectivity index is 1.68. The second kappa shape index (κ2) is 15.8. The molecule has 1 amide bonds. The van der Waals surface area contributed by atoms with Gasteiger partial charge in [-0.15, -0.1) is 0 Å². The average molecular weight is 710 g/mol. The topological polar surface area (TPSA) is 160 Å². The number of hydrogen-bond acceptors (Lipinski definition) is 9. The molecule has 0 spiro atoms. The third-order valence-electron chi connectivity index (χ3n) is 8.22. The summed E-state index contributed by atoms with van der Waals surface area (Å²) in [7, 11) is -4.92. The summed E-state index contributed by atoms with van der Waals surface area (Å²) >= 11 is 0. The second-order valence-electron chi connectivity index (χ2n) is 12.2. The van der Waals surface area contributed by atoms with Crippen LogP contribution in [-0.4, -0.2) is 98.2 Å². The standard InChI is InChI=1S/C32H44FN5O8S2/c1-22-17-38(23(2)20-39)32(40)28-16-26(35-47(41,42)27-12-9-25(33)10-13-27)11-14-29(28)46-24(3)8-6-7-15-45-30(22)18-37(5)48(43,44)31-19-36(4)21-34-31/h9-14,16,19,21-24,30,35,39H,6-8,15,17-18,20H2,1-5H3/t22-,23-,24-,30-/m1/s1. The Morgan fingerprint density at radius 3 is 2.48 bits per heavy atom. The second-order valence-corrected chi connectivity index (χ2v) is 15.9. The van der Waals surface area contributed by atoms with Crippen molar-refractivity contribution in [3.8, 4) is 5.75 Å². The molecule has 48 heavy (non-hydrogen) atoms. The number of nitrogens with zero attached hydrogens (tertiary/aromatic N) is 4. The van der Waals surface area contributed by atoms with Gasteiger partial charge in [-0.25, -0.2) is 26.2 Å². The van der Waals surface area contributed by atoms with E-state index in [0.29, 0.717) is 19.4 Å². The number of hydrogen-bond donors (Lipinski definition) is 2. The summed E-state index contributed by atoms with van der Waals surface area (Å²) in [6.45, 7) is 5.42. The van der Waals surface area contributed by atoms with Gasteiger partial charge in [0.05, 0.1) is 41.6 Å². The number of aliphatic hydroxyl groups is 1. The number of fused-ring (bicyclic) bond motifs is 1. The number of imidazole rings is 1. The Morgan fingerprint density at radius 1 is 1.12 bits per heavy atom. The number of ether oxygens (including phenoxy) is 2. The average Bonchev–Trinajstić information content (AvgIpc) is 3.49. The SMILES string of the molecule is C[C@@H]1CCCCO[C@H](CN(C)S(=O)(=O)c2cn(C)cn2)[C@H](C)CN([C@H](C)CO)C(=O)c2cc(NS(=O)(=O)c3ccc(F)cc3)ccc2O1. The van der Waals surface area contributed by atoms with Crippen LogP contribution < -0.4 is 9.46 Å². The van der Waals surface area contributed by atoms with Crippen LogP contribution in [0.25, 0.3) is 0 Å². The summed E-state index contributed by atoms with van der Waals surface area (Å²) < 4.78 is 83.8. The van der Waals surface area contributed by atoms with E-state index in [9.17, 15) is 31.1 Å². The molecule has 2 heterocycles. The molecule has 3 aromatic rings. The number of benzene rings is 2. The van der Waals surface area contributed by atoms with Gasteiger partial charge < -0.3 is 24.0 Å². The van der Waals surface area contributed by atoms with Crippen molar-refractivity contribution in [2.24, 2.45) is 13.0 Å². The third kappa shape index (κ3) is 9.11. The van der Waals surface area contributed by atoms with Crippen molar-refractivity contribution >= 4 is 31.6 Å². The number of carbonyl (C=O) groups is 1. The molecule has 1 aromatic heterocycles. The Kier molecular flexibility index (Phi) is 12.2. The zero-order valence-electron chi connectivity index (χ0n) is 27.7. The summed E-state index contributed by atoms with van der Waals surface area (Å²) in [5.74, 6) is -1.28. The number of nitrogens with one attached hydrogen (secondary N) is 1. The van der Waals surface area contributed by atoms with Crippen molar-refractivity contribution in [1.82, 2.24) is 18.8 Å². The molecule has 1 aliphatic rings. The van der Waals surface area contributed by atoms with Crippen LogP contribution in [0.4, 0.5) is 10.1 Å². The lowest BCUT2D eigenvalue weighted by Gasteiger charge is -2.35. The largest absolute Gasteiger partial charge is 0.490 e. The maximum atomic E-state index is 14.3. The highest BCUT2D eigenvalue weighted by Crippen LogP contribution is 2.30. The molecule has 1 aliphatic heterocycles. The molecule has 264 valence electrons. The molecule has 0 fully saturated rings. The highest BCUT2D eigenvalue weighted by Gasteiger charge is 2.33. The minimum Gasteiger partial charge on any atom is -0.490 e. The molecular formula is C32H44FN5O8S2. The highest BCUT2D eigenvalue weighted by molar-refractivity contribution is 7.92. The first-order valence-electron chi connectivity index (χ1n) is 15.7. The van der Waals surface area contributed by atoms with Crippen LogP contribution in [0, 0.1) is 11.7 Å². The molecule has 2 N–H and O–H groups in total. The van der Waals surface area contributed by atoms with Crippen LogP contribution >= 0.6 is 0 Å². The number of rotatable bonds is 9. The molecule has 0 radical (unpaired) electrons. The Bertz CT molecular complexity index is 1770. The molecule has 2 aromatic carbocycles. The number of aliphatic hydroxyl groups excluding tert-OH is 1. The maximum Gasteiger partial charge on any atom is 0.261 e. The fraction of sp³-hybridized carbons (Fsp3) is 0.500. The first-order valence-corrected chi connectivity index (χ1v) is 18.6. The van der Waals surface area contributed by atoms with E-state index in [4.69, 9.17) is 9.47 Å². The molecule has 0 saturated carbocycles. The number of aromatic nitrogens is 2. The van der Waals surface area contributed by atoms with E-state index in [1.165, 1.54) is 47.0 Å². The molecule has 0 bridgehead atoms. The molecule has 16 heteroatoms. The summed E-state index contributed by atoms with van der Waals surface area (Å²) in [5, 5.41) is 10.1. The maximum absolute atomic E-state index is 14.3. The fourth-order valence-corrected chi connectivity index (χ4v) is 7.50. The monoisotopic (exact) mass is 709 g/mol. The van der Waals surface area contributed by atoms with Crippen LogP contribution in [0.3, 0.4) is 0 Å². The van der Waals surface area contributed by atoms with E-state index in [2.05, 4.69) is 9.71 Å². The molecule has 4 rings (SSSR count). The number of carbonyl (C=O) groups excluding carboxylic acids is 1. The van der Waals surface area contributed by atoms with E-state index in [1.54, 1.807) is 18.5 Å². The molecule has 0 aliphatic carbocycles. The van der Waals surface area contributed by atoms with Gasteiger partial charge in [0.1, 0.15) is 11.6 Å². The van der Waals surface area contributed by atoms with Gasteiger partial charge in [-0.3, -0.25) is 9.52 Å². The minimum absolute atomic E-state index is 0.0129. The summed E-state index contributed by atoms with van der Waals surface area (Å²) in [6, 6.07) is 8.05. The predicted octanol–water partition coefficient (Wildman–Crippen LogP) is 3.48. The lowest BCUT2D eigenvalue weighted by molar-refractivity contribution is -0.00835. The van der Waals surface area contributed by atoms with E-state index < -0.39 is 49.8 Å². The lowest BCUT2D eigenvalue weighted by atomic mass is 10.0. The summed E-state index contributed by atoms with van der Waals surface area (Å²) in [5.41, 5.74) is 0.147. The van der Waals surface area contributed by atoms with Crippen molar-refractivity contribution in [3.05, 3.63) is 66.4 Å². The van der Waals surface area contributed by atoms with E-state index in [0.717, 1.165) is 30.7 Å². The Labute approximate surface area is 281 Å². The van der Waals surface area contributed by atoms with Crippen molar-refractivity contribution in [1.29, 1.82) is 0 Å². The highest BCUT2D eigenvalue weighted by atomic mass is 32.2. The summed E-state index contributed by atoms with van der Waals surface area (Å²) in [6.07, 6.45) is 3.93. The number of halogens is 1. The minimum atomic E-state index is -4.13. The molecule has 4 atom stereocenters. The van der Waals surface area contributed by atoms with Crippen LogP contribution in [0.1, 0.15) is 50.4 Å². The quantitative estimate of drug-likeness (QED) is 0.339. The van der Waals surface area contributed by atoms with Crippen molar-refractivity contribution in [2.45, 2.75) is 68.2 Å². The smallest absolute Gasteiger partial charge is 0.261 e. The number of amides is 1. The number of anilines is 1. The van der Waals surface area contributed by atoms with Crippen molar-refractivity contribution in [2.75, 3.05) is 38.1 Å². The van der Waals surface area contributed by atoms with Crippen LogP contribution in [0.5, 0.6) is 5.75 Å². The Morgan fingerprint density at radius 2 is 1.83 bits per heavy atom. The fourth-order valence-electron chi connectivity index (χ4n) is 5.31. The van der Waals surface area contributed by atoms with Gasteiger partial charge in [-0.2, -0.15) is 4.31 Å². The van der Waals surface area contributed by atoms with E-state index >= 15 is 0 Å². The van der Waals surface area contributed by atoms with Crippen LogP contribution in [-0.2, 0) is 31.8 Å². The molecular weight excluding hydrogens is 666 g/mol. The van der Waals surface area contributed by atoms with Crippen LogP contribution in [0.2, 0.25) is 0 Å². The van der Waals surface area contributed by atoms with Gasteiger partial charge in [0.15, 0.2) is 5.03 Å². The zero-order chi connectivity index (χ0) is 35.2. The van der Waals surface area contributed by atoms with Gasteiger partial charge in [-0.05, 0) is 75.6 Å². The predicted molar refractivity (Wildman–Crippen MR) is 177 cm³/mol. The molecule has 0 saturated heterocycles. The zero-order valence-corrected chi connectivity index (χ0v) is 29.4. The van der Waals surface area contributed by atoms with Crippen LogP contribution in [0.15, 0.2) is 64.9 Å². The van der Waals surface area contributed by atoms with Gasteiger partial charge in [0, 0.05) is 51.6 Å². The third-order valence-corrected chi connectivity index (χ3v) is 11.3. The van der Waals surface area contributed by atoms with Crippen molar-refractivity contribution < 1.29 is 40.6 Å². The van der Waals surface area contributed by atoms with Gasteiger partial charge in [0.2, 0.25) is 0 Å². The lowest BCUT2D eigenvalue weighted by Crippen LogP contribution is -2.48. The van der Waals surface area contributed by atoms with E-state index in [-0.39, 0.29) is 52.7 Å². The normalized spacial score (nSPS) is 20.9. The molecule has 13 nitrogen and oxygen atoms in total. The summed E-state index contributed by atoms with van der Waals surface area (Å²) in [4.78, 5) is 19.6. The number of aryl methyl sites for hydroxylation is 1. The van der Waals surface area contributed by atoms with Gasteiger partial charge in [0.25, 0.3) is 26.0 Å². The first kappa shape index (κ1) is 37.3.